The molecule has 136 valence electrons. The molecule has 4 rings (SSSR count). The first-order chi connectivity index (χ1) is 12.5. The molecular weight excluding hydrogens is 332 g/mol. The maximum absolute atomic E-state index is 12.7. The van der Waals surface area contributed by atoms with Gasteiger partial charge in [0.15, 0.2) is 0 Å². The van der Waals surface area contributed by atoms with Crippen LogP contribution in [-0.4, -0.2) is 28.7 Å². The Morgan fingerprint density at radius 2 is 2.12 bits per heavy atom. The van der Waals surface area contributed by atoms with Gasteiger partial charge in [0.25, 0.3) is 11.5 Å². The maximum atomic E-state index is 12.7. The standard InChI is InChI=1S/C20H22N2O4/c1-11-2-4-16(19(24)21-11)20(25)22-18(14-9-15(23)10-14)13-3-5-17-12(8-13)6-7-26-17/h2-5,8,14-15,18,23H,6-7,9-10H2,1H3,(H,21,24)(H,22,25)/t14?,15?,18-/m1/s1. The molecule has 2 heterocycles. The number of aliphatic hydroxyl groups excluding tert-OH is 1. The Morgan fingerprint density at radius 1 is 1.31 bits per heavy atom. The number of aryl methyl sites for hydroxylation is 1. The van der Waals surface area contributed by atoms with E-state index in [1.165, 1.54) is 0 Å². The van der Waals surface area contributed by atoms with Crippen molar-refractivity contribution in [3.63, 3.8) is 0 Å². The highest BCUT2D eigenvalue weighted by molar-refractivity contribution is 5.94. The number of amides is 1. The summed E-state index contributed by atoms with van der Waals surface area (Å²) in [4.78, 5) is 27.4. The van der Waals surface area contributed by atoms with Gasteiger partial charge < -0.3 is 20.1 Å². The first kappa shape index (κ1) is 16.8. The molecule has 0 unspecified atom stereocenters. The minimum absolute atomic E-state index is 0.102. The van der Waals surface area contributed by atoms with Crippen molar-refractivity contribution in [3.8, 4) is 5.75 Å². The van der Waals surface area contributed by atoms with Crippen molar-refractivity contribution < 1.29 is 14.6 Å². The molecule has 0 spiro atoms. The fraction of sp³-hybridized carbons (Fsp3) is 0.400. The average Bonchev–Trinajstić information content (AvgIpc) is 3.04. The molecule has 1 aromatic heterocycles. The normalized spacial score (nSPS) is 22.1. The Kier molecular flexibility index (Phi) is 4.28. The molecule has 3 N–H and O–H groups in total. The van der Waals surface area contributed by atoms with Crippen molar-refractivity contribution in [1.82, 2.24) is 10.3 Å². The lowest BCUT2D eigenvalue weighted by Crippen LogP contribution is -2.42. The van der Waals surface area contributed by atoms with Gasteiger partial charge >= 0.3 is 0 Å². The molecule has 1 fully saturated rings. The second-order valence-electron chi connectivity index (χ2n) is 7.19. The number of H-pyrrole nitrogens is 1. The predicted octanol–water partition coefficient (Wildman–Crippen LogP) is 1.86. The zero-order valence-electron chi connectivity index (χ0n) is 14.6. The number of carbonyl (C=O) groups excluding carboxylic acids is 1. The van der Waals surface area contributed by atoms with E-state index in [0.29, 0.717) is 25.1 Å². The third-order valence-electron chi connectivity index (χ3n) is 5.28. The highest BCUT2D eigenvalue weighted by atomic mass is 16.5. The van der Waals surface area contributed by atoms with E-state index in [1.54, 1.807) is 19.1 Å². The summed E-state index contributed by atoms with van der Waals surface area (Å²) in [5.41, 5.74) is 2.55. The van der Waals surface area contributed by atoms with Crippen LogP contribution in [0.5, 0.6) is 5.75 Å². The van der Waals surface area contributed by atoms with Gasteiger partial charge in [-0.3, -0.25) is 9.59 Å². The highest BCUT2D eigenvalue weighted by Gasteiger charge is 2.36. The van der Waals surface area contributed by atoms with Gasteiger partial charge in [-0.2, -0.15) is 0 Å². The molecule has 1 aliphatic heterocycles. The van der Waals surface area contributed by atoms with E-state index in [4.69, 9.17) is 4.74 Å². The Hall–Kier alpha value is -2.60. The summed E-state index contributed by atoms with van der Waals surface area (Å²) >= 11 is 0. The van der Waals surface area contributed by atoms with Gasteiger partial charge in [-0.15, -0.1) is 0 Å². The van der Waals surface area contributed by atoms with Gasteiger partial charge in [0.05, 0.1) is 18.8 Å². The molecule has 0 bridgehead atoms. The largest absolute Gasteiger partial charge is 0.493 e. The highest BCUT2D eigenvalue weighted by Crippen LogP contribution is 2.39. The molecule has 6 nitrogen and oxygen atoms in total. The third-order valence-corrected chi connectivity index (χ3v) is 5.28. The minimum atomic E-state index is -0.394. The zero-order chi connectivity index (χ0) is 18.3. The lowest BCUT2D eigenvalue weighted by atomic mass is 9.74. The van der Waals surface area contributed by atoms with E-state index in [2.05, 4.69) is 16.4 Å². The summed E-state index contributed by atoms with van der Waals surface area (Å²) in [5.74, 6) is 0.649. The molecule has 1 saturated carbocycles. The van der Waals surface area contributed by atoms with E-state index in [1.807, 2.05) is 12.1 Å². The summed E-state index contributed by atoms with van der Waals surface area (Å²) in [7, 11) is 0. The van der Waals surface area contributed by atoms with Crippen LogP contribution in [0.25, 0.3) is 0 Å². The Labute approximate surface area is 151 Å². The fourth-order valence-corrected chi connectivity index (χ4v) is 3.75. The molecule has 1 atom stereocenters. The van der Waals surface area contributed by atoms with Crippen molar-refractivity contribution >= 4 is 5.91 Å². The van der Waals surface area contributed by atoms with Crippen LogP contribution in [0.3, 0.4) is 0 Å². The third kappa shape index (κ3) is 3.12. The number of aromatic amines is 1. The smallest absolute Gasteiger partial charge is 0.260 e. The van der Waals surface area contributed by atoms with E-state index in [9.17, 15) is 14.7 Å². The van der Waals surface area contributed by atoms with Crippen LogP contribution >= 0.6 is 0 Å². The van der Waals surface area contributed by atoms with Gasteiger partial charge in [-0.05, 0) is 61.1 Å². The summed E-state index contributed by atoms with van der Waals surface area (Å²) in [6.45, 7) is 2.45. The summed E-state index contributed by atoms with van der Waals surface area (Å²) < 4.78 is 5.56. The molecule has 2 aliphatic rings. The van der Waals surface area contributed by atoms with Crippen molar-refractivity contribution in [2.24, 2.45) is 5.92 Å². The average molecular weight is 354 g/mol. The van der Waals surface area contributed by atoms with E-state index >= 15 is 0 Å². The number of hydrogen-bond donors (Lipinski definition) is 3. The molecule has 1 aromatic carbocycles. The maximum Gasteiger partial charge on any atom is 0.260 e. The van der Waals surface area contributed by atoms with E-state index < -0.39 is 11.5 Å². The number of hydrogen-bond acceptors (Lipinski definition) is 4. The van der Waals surface area contributed by atoms with Crippen LogP contribution in [-0.2, 0) is 6.42 Å². The van der Waals surface area contributed by atoms with Gasteiger partial charge in [-0.1, -0.05) is 6.07 Å². The molecule has 0 saturated heterocycles. The van der Waals surface area contributed by atoms with Crippen LogP contribution < -0.4 is 15.6 Å². The van der Waals surface area contributed by atoms with Crippen molar-refractivity contribution in [1.29, 1.82) is 0 Å². The number of rotatable bonds is 4. The minimum Gasteiger partial charge on any atom is -0.493 e. The van der Waals surface area contributed by atoms with Crippen molar-refractivity contribution in [2.45, 2.75) is 38.3 Å². The molecule has 0 radical (unpaired) electrons. The monoisotopic (exact) mass is 354 g/mol. The second kappa shape index (κ2) is 6.61. The molecule has 6 heteroatoms. The van der Waals surface area contributed by atoms with Gasteiger partial charge in [0, 0.05) is 12.1 Å². The van der Waals surface area contributed by atoms with Crippen LogP contribution in [0.2, 0.25) is 0 Å². The Morgan fingerprint density at radius 3 is 2.85 bits per heavy atom. The molecule has 26 heavy (non-hydrogen) atoms. The van der Waals surface area contributed by atoms with Crippen LogP contribution in [0.15, 0.2) is 35.1 Å². The summed E-state index contributed by atoms with van der Waals surface area (Å²) in [6.07, 6.45) is 1.82. The van der Waals surface area contributed by atoms with E-state index in [-0.39, 0.29) is 23.6 Å². The number of fused-ring (bicyclic) bond motifs is 1. The lowest BCUT2D eigenvalue weighted by molar-refractivity contribution is 0.0235. The molecule has 1 aliphatic carbocycles. The number of nitrogens with one attached hydrogen (secondary N) is 2. The quantitative estimate of drug-likeness (QED) is 0.782. The van der Waals surface area contributed by atoms with Gasteiger partial charge in [0.2, 0.25) is 0 Å². The number of benzene rings is 1. The molecule has 1 amide bonds. The second-order valence-corrected chi connectivity index (χ2v) is 7.19. The number of aromatic nitrogens is 1. The number of carbonyl (C=O) groups is 1. The summed E-state index contributed by atoms with van der Waals surface area (Å²) in [6, 6.07) is 8.98. The van der Waals surface area contributed by atoms with Crippen molar-refractivity contribution in [2.75, 3.05) is 6.61 Å². The van der Waals surface area contributed by atoms with Crippen LogP contribution in [0.4, 0.5) is 0 Å². The number of ether oxygens (including phenoxy) is 1. The summed E-state index contributed by atoms with van der Waals surface area (Å²) in [5, 5.41) is 12.7. The van der Waals surface area contributed by atoms with E-state index in [0.717, 1.165) is 23.3 Å². The Bertz CT molecular complexity index is 899. The zero-order valence-corrected chi connectivity index (χ0v) is 14.6. The Balaban J connectivity index is 1.61. The first-order valence-electron chi connectivity index (χ1n) is 8.96. The molecule has 2 aromatic rings. The first-order valence-corrected chi connectivity index (χ1v) is 8.96. The van der Waals surface area contributed by atoms with Gasteiger partial charge in [0.1, 0.15) is 11.3 Å². The number of aliphatic hydroxyl groups is 1. The fourth-order valence-electron chi connectivity index (χ4n) is 3.75. The topological polar surface area (TPSA) is 91.4 Å². The van der Waals surface area contributed by atoms with Crippen molar-refractivity contribution in [3.05, 3.63) is 63.1 Å². The SMILES string of the molecule is Cc1ccc(C(=O)N[C@H](c2ccc3c(c2)CCO3)C2CC(O)C2)c(=O)[nH]1. The molecular formula is C20H22N2O4. The van der Waals surface area contributed by atoms with Crippen LogP contribution in [0, 0.1) is 12.8 Å². The van der Waals surface area contributed by atoms with Gasteiger partial charge in [-0.25, -0.2) is 0 Å². The lowest BCUT2D eigenvalue weighted by Gasteiger charge is -2.38. The predicted molar refractivity (Wildman–Crippen MR) is 96.4 cm³/mol. The van der Waals surface area contributed by atoms with Crippen LogP contribution in [0.1, 0.15) is 46.1 Å². The number of pyridine rings is 1.